The van der Waals surface area contributed by atoms with Gasteiger partial charge in [0, 0.05) is 5.56 Å². The van der Waals surface area contributed by atoms with Crippen molar-refractivity contribution < 1.29 is 18.5 Å². The minimum atomic E-state index is -0.989. The van der Waals surface area contributed by atoms with Crippen LogP contribution in [-0.4, -0.2) is 39.0 Å². The van der Waals surface area contributed by atoms with Crippen LogP contribution in [0.5, 0.6) is 0 Å². The van der Waals surface area contributed by atoms with Gasteiger partial charge in [0.25, 0.3) is 11.8 Å². The molecule has 9 nitrogen and oxygen atoms in total. The first-order chi connectivity index (χ1) is 14.9. The molecule has 2 amide bonds. The van der Waals surface area contributed by atoms with E-state index in [0.717, 1.165) is 16.0 Å². The van der Waals surface area contributed by atoms with E-state index >= 15 is 0 Å². The number of rotatable bonds is 4. The molecule has 3 heterocycles. The van der Waals surface area contributed by atoms with Crippen LogP contribution in [0.2, 0.25) is 0 Å². The minimum absolute atomic E-state index is 0.0125. The van der Waals surface area contributed by atoms with E-state index < -0.39 is 29.7 Å². The van der Waals surface area contributed by atoms with Gasteiger partial charge in [0.05, 0.1) is 5.69 Å². The molecule has 0 bridgehead atoms. The first-order valence-corrected chi connectivity index (χ1v) is 9.63. The summed E-state index contributed by atoms with van der Waals surface area (Å²) in [7, 11) is 0. The van der Waals surface area contributed by atoms with Gasteiger partial charge in [-0.15, -0.1) is 0 Å². The highest BCUT2D eigenvalue weighted by Crippen LogP contribution is 2.33. The first-order valence-electron chi connectivity index (χ1n) is 9.63. The van der Waals surface area contributed by atoms with E-state index in [4.69, 9.17) is 4.52 Å². The lowest BCUT2D eigenvalue weighted by Crippen LogP contribution is -2.39. The minimum Gasteiger partial charge on any atom is -0.337 e. The lowest BCUT2D eigenvalue weighted by molar-refractivity contribution is -0.123. The van der Waals surface area contributed by atoms with E-state index in [1.807, 2.05) is 31.2 Å². The third kappa shape index (κ3) is 3.16. The predicted molar refractivity (Wildman–Crippen MR) is 106 cm³/mol. The molecule has 0 saturated carbocycles. The number of carbonyl (C=O) groups is 2. The van der Waals surface area contributed by atoms with E-state index in [0.29, 0.717) is 11.4 Å². The second-order valence-electron chi connectivity index (χ2n) is 7.52. The third-order valence-corrected chi connectivity index (χ3v) is 5.35. The summed E-state index contributed by atoms with van der Waals surface area (Å²) in [6.07, 6.45) is 0. The maximum absolute atomic E-state index is 14.0. The van der Waals surface area contributed by atoms with Gasteiger partial charge >= 0.3 is 0 Å². The average molecular weight is 420 g/mol. The van der Waals surface area contributed by atoms with Crippen molar-refractivity contribution in [3.05, 3.63) is 65.3 Å². The van der Waals surface area contributed by atoms with Crippen LogP contribution in [0.1, 0.15) is 17.0 Å². The number of imide groups is 1. The van der Waals surface area contributed by atoms with Gasteiger partial charge in [0.2, 0.25) is 11.7 Å². The zero-order valence-corrected chi connectivity index (χ0v) is 16.7. The molecule has 0 spiro atoms. The van der Waals surface area contributed by atoms with Gasteiger partial charge in [-0.2, -0.15) is 10.1 Å². The number of carbonyl (C=O) groups excluding carboxylic acids is 2. The molecule has 0 aliphatic carbocycles. The zero-order valence-electron chi connectivity index (χ0n) is 16.7. The summed E-state index contributed by atoms with van der Waals surface area (Å²) in [5.41, 5.74) is 2.49. The Morgan fingerprint density at radius 3 is 2.58 bits per heavy atom. The topological polar surface area (TPSA) is 104 Å². The molecule has 1 fully saturated rings. The number of aromatic nitrogens is 2. The van der Waals surface area contributed by atoms with Crippen molar-refractivity contribution in [1.29, 1.82) is 0 Å². The summed E-state index contributed by atoms with van der Waals surface area (Å²) in [6.45, 7) is 3.60. The van der Waals surface area contributed by atoms with Crippen LogP contribution in [-0.2, 0) is 16.1 Å². The number of halogens is 1. The van der Waals surface area contributed by atoms with Gasteiger partial charge in [0.15, 0.2) is 12.1 Å². The lowest BCUT2D eigenvalue weighted by Gasteiger charge is -2.19. The Balaban J connectivity index is 1.36. The molecule has 0 N–H and O–H groups in total. The van der Waals surface area contributed by atoms with Crippen LogP contribution in [0.3, 0.4) is 0 Å². The molecule has 156 valence electrons. The third-order valence-electron chi connectivity index (χ3n) is 5.35. The van der Waals surface area contributed by atoms with Gasteiger partial charge in [-0.3, -0.25) is 14.6 Å². The van der Waals surface area contributed by atoms with Crippen molar-refractivity contribution in [3.63, 3.8) is 0 Å². The van der Waals surface area contributed by atoms with Crippen molar-refractivity contribution in [2.45, 2.75) is 32.5 Å². The molecule has 1 aromatic heterocycles. The van der Waals surface area contributed by atoms with Crippen molar-refractivity contribution >= 4 is 17.5 Å². The van der Waals surface area contributed by atoms with E-state index in [1.54, 1.807) is 6.92 Å². The van der Waals surface area contributed by atoms with Gasteiger partial charge in [-0.25, -0.2) is 9.29 Å². The van der Waals surface area contributed by atoms with E-state index in [9.17, 15) is 14.0 Å². The number of nitrogens with zero attached hydrogens (tertiary/aromatic N) is 6. The molecule has 10 heteroatoms. The van der Waals surface area contributed by atoms with Gasteiger partial charge < -0.3 is 4.52 Å². The molecule has 3 aromatic rings. The van der Waals surface area contributed by atoms with Gasteiger partial charge in [-0.05, 0) is 31.5 Å². The van der Waals surface area contributed by atoms with Crippen LogP contribution in [0.15, 0.2) is 57.3 Å². The van der Waals surface area contributed by atoms with Crippen LogP contribution in [0.25, 0.3) is 11.4 Å². The van der Waals surface area contributed by atoms with E-state index in [-0.39, 0.29) is 18.1 Å². The van der Waals surface area contributed by atoms with Crippen LogP contribution < -0.4 is 4.90 Å². The maximum atomic E-state index is 14.0. The van der Waals surface area contributed by atoms with E-state index in [1.165, 1.54) is 23.2 Å². The molecule has 2 aliphatic rings. The molecule has 1 saturated heterocycles. The SMILES string of the molecule is Cc1ccc(-c2noc(CN3N=N[C@H]4C(=O)N(c5ccc(C)c(F)c5)C(=O)[C@H]43)n2)cc1. The number of hydrogen-bond acceptors (Lipinski definition) is 8. The normalized spacial score (nSPS) is 20.1. The number of amides is 2. The summed E-state index contributed by atoms with van der Waals surface area (Å²) >= 11 is 0. The summed E-state index contributed by atoms with van der Waals surface area (Å²) in [6, 6.07) is 9.93. The van der Waals surface area contributed by atoms with Crippen molar-refractivity contribution in [2.75, 3.05) is 4.90 Å². The number of aryl methyl sites for hydroxylation is 2. The molecule has 0 unspecified atom stereocenters. The summed E-state index contributed by atoms with van der Waals surface area (Å²) in [5.74, 6) is -0.927. The zero-order chi connectivity index (χ0) is 21.7. The molecule has 2 aromatic carbocycles. The highest BCUT2D eigenvalue weighted by atomic mass is 19.1. The molecule has 0 radical (unpaired) electrons. The van der Waals surface area contributed by atoms with Crippen LogP contribution >= 0.6 is 0 Å². The second kappa shape index (κ2) is 7.08. The van der Waals surface area contributed by atoms with Gasteiger partial charge in [0.1, 0.15) is 12.4 Å². The van der Waals surface area contributed by atoms with Gasteiger partial charge in [-0.1, -0.05) is 46.3 Å². The van der Waals surface area contributed by atoms with Crippen LogP contribution in [0.4, 0.5) is 10.1 Å². The molecule has 31 heavy (non-hydrogen) atoms. The number of hydrogen-bond donors (Lipinski definition) is 0. The fraction of sp³-hybridized carbons (Fsp3) is 0.238. The maximum Gasteiger partial charge on any atom is 0.263 e. The van der Waals surface area contributed by atoms with E-state index in [2.05, 4.69) is 20.5 Å². The molecular formula is C21H17FN6O3. The van der Waals surface area contributed by atoms with Crippen molar-refractivity contribution in [2.24, 2.45) is 10.3 Å². The number of fused-ring (bicyclic) bond motifs is 1. The summed E-state index contributed by atoms with van der Waals surface area (Å²) in [5, 5.41) is 13.2. The Bertz CT molecular complexity index is 1220. The Morgan fingerprint density at radius 1 is 1.06 bits per heavy atom. The smallest absolute Gasteiger partial charge is 0.263 e. The van der Waals surface area contributed by atoms with Crippen molar-refractivity contribution in [1.82, 2.24) is 15.1 Å². The number of anilines is 1. The Morgan fingerprint density at radius 2 is 1.84 bits per heavy atom. The highest BCUT2D eigenvalue weighted by Gasteiger charge is 2.55. The highest BCUT2D eigenvalue weighted by molar-refractivity contribution is 6.25. The largest absolute Gasteiger partial charge is 0.337 e. The Hall–Kier alpha value is -3.95. The molecule has 2 aliphatic heterocycles. The standard InChI is InChI=1S/C21H17FN6O3/c1-11-3-6-13(7-4-11)19-23-16(31-25-19)10-27-18-17(24-26-27)20(29)28(21(18)30)14-8-5-12(2)15(22)9-14/h3-9,17-18H,10H2,1-2H3/t17-,18+/m1/s1. The quantitative estimate of drug-likeness (QED) is 0.601. The molecule has 5 rings (SSSR count). The molecular weight excluding hydrogens is 403 g/mol. The second-order valence-corrected chi connectivity index (χ2v) is 7.52. The van der Waals surface area contributed by atoms with Crippen LogP contribution in [0, 0.1) is 19.7 Å². The summed E-state index contributed by atoms with van der Waals surface area (Å²) < 4.78 is 19.3. The Labute approximate surface area is 176 Å². The number of benzene rings is 2. The fourth-order valence-electron chi connectivity index (χ4n) is 3.61. The van der Waals surface area contributed by atoms with Crippen molar-refractivity contribution in [3.8, 4) is 11.4 Å². The fourth-order valence-corrected chi connectivity index (χ4v) is 3.61. The average Bonchev–Trinajstić information content (AvgIpc) is 3.44. The monoisotopic (exact) mass is 420 g/mol. The first kappa shape index (κ1) is 19.0. The molecule has 2 atom stereocenters. The predicted octanol–water partition coefficient (Wildman–Crippen LogP) is 2.99. The lowest BCUT2D eigenvalue weighted by atomic mass is 10.1. The summed E-state index contributed by atoms with van der Waals surface area (Å²) in [4.78, 5) is 31.1. The Kier molecular flexibility index (Phi) is 4.35.